The summed E-state index contributed by atoms with van der Waals surface area (Å²) in [5, 5.41) is 6.26. The Bertz CT molecular complexity index is 2250. The van der Waals surface area contributed by atoms with E-state index in [0.717, 1.165) is 101 Å². The number of anilines is 1. The second-order valence-electron chi connectivity index (χ2n) is 17.5. The maximum Gasteiger partial charge on any atom is 0.255 e. The molecule has 0 bridgehead atoms. The maximum atomic E-state index is 12.9. The van der Waals surface area contributed by atoms with Gasteiger partial charge in [0.1, 0.15) is 24.2 Å². The largest absolute Gasteiger partial charge is 0.490 e. The van der Waals surface area contributed by atoms with E-state index in [9.17, 15) is 24.0 Å². The van der Waals surface area contributed by atoms with Crippen molar-refractivity contribution in [2.45, 2.75) is 88.9 Å². The quantitative estimate of drug-likeness (QED) is 0.189. The fraction of sp³-hybridized carbons (Fsp3) is 0.479. The van der Waals surface area contributed by atoms with Crippen molar-refractivity contribution >= 4 is 53.0 Å². The lowest BCUT2D eigenvalue weighted by atomic mass is 9.87. The Balaban J connectivity index is 0.000000177. The molecule has 2 aromatic carbocycles. The van der Waals surface area contributed by atoms with Crippen LogP contribution in [0.2, 0.25) is 5.02 Å². The molecular weight excluding hydrogens is 820 g/mol. The Morgan fingerprint density at radius 2 is 1.78 bits per heavy atom. The predicted molar refractivity (Wildman–Crippen MR) is 241 cm³/mol. The standard InChI is InChI=1S/C25H33N5O5.C23H24ClN3O/c1-27-10-12-28(13-11-27)16-23(32)29-8-6-18(7-9-29)35-19-2-3-20-17(14-19)15-30(25(20)34)21-4-5-22(31)26-24(21)33;24-21-14-25-23(26-20-11-4-6-16(12-20)15-28)27-22(21)19-10-5-9-18(13-19)17-7-2-1-3-8-17/h2-3,14,18,21H,4-13,15-16H2,1H3,(H,26,31,33);2,5,7-10,13-16,20H,1,3-4,6,11-12H2,(H,25,26,27). The molecule has 3 saturated heterocycles. The molecule has 4 aliphatic heterocycles. The van der Waals surface area contributed by atoms with Gasteiger partial charge in [-0.15, -0.1) is 0 Å². The fourth-order valence-electron chi connectivity index (χ4n) is 9.31. The van der Waals surface area contributed by atoms with Gasteiger partial charge in [0.05, 0.1) is 23.5 Å². The first-order valence-corrected chi connectivity index (χ1v) is 22.8. The van der Waals surface area contributed by atoms with Gasteiger partial charge >= 0.3 is 0 Å². The highest BCUT2D eigenvalue weighted by molar-refractivity contribution is 6.33. The first-order valence-electron chi connectivity index (χ1n) is 22.4. The summed E-state index contributed by atoms with van der Waals surface area (Å²) in [6, 6.07) is 13.3. The summed E-state index contributed by atoms with van der Waals surface area (Å²) in [7, 11) is 2.11. The van der Waals surface area contributed by atoms with Gasteiger partial charge in [-0.1, -0.05) is 54.4 Å². The van der Waals surface area contributed by atoms with Crippen LogP contribution < -0.4 is 15.4 Å². The van der Waals surface area contributed by atoms with Crippen LogP contribution in [0.25, 0.3) is 16.8 Å². The van der Waals surface area contributed by atoms with Crippen molar-refractivity contribution in [1.82, 2.24) is 34.9 Å². The van der Waals surface area contributed by atoms with Gasteiger partial charge in [-0.3, -0.25) is 29.4 Å². The number of nitrogens with one attached hydrogen (secondary N) is 2. The zero-order valence-electron chi connectivity index (χ0n) is 36.0. The van der Waals surface area contributed by atoms with Gasteiger partial charge in [-0.25, -0.2) is 9.97 Å². The maximum absolute atomic E-state index is 12.9. The number of piperidine rings is 2. The molecule has 0 spiro atoms. The number of carbonyl (C=O) groups excluding carboxylic acids is 5. The lowest BCUT2D eigenvalue weighted by Crippen LogP contribution is -2.52. The number of hydrogen-bond donors (Lipinski definition) is 2. The zero-order chi connectivity index (χ0) is 43.9. The average molecular weight is 877 g/mol. The molecule has 4 amide bonds. The third kappa shape index (κ3) is 11.0. The highest BCUT2D eigenvalue weighted by atomic mass is 35.5. The number of benzene rings is 2. The van der Waals surface area contributed by atoms with Crippen LogP contribution in [0.15, 0.2) is 66.9 Å². The van der Waals surface area contributed by atoms with Crippen LogP contribution in [0, 0.1) is 5.92 Å². The van der Waals surface area contributed by atoms with Crippen LogP contribution in [0.1, 0.15) is 85.7 Å². The monoisotopic (exact) mass is 876 g/mol. The molecule has 3 aromatic rings. The molecule has 1 aromatic heterocycles. The Morgan fingerprint density at radius 3 is 2.54 bits per heavy atom. The lowest BCUT2D eigenvalue weighted by molar-refractivity contribution is -0.137. The minimum Gasteiger partial charge on any atom is -0.490 e. The second kappa shape index (κ2) is 20.4. The number of halogens is 1. The predicted octanol–water partition coefficient (Wildman–Crippen LogP) is 5.76. The van der Waals surface area contributed by atoms with Crippen molar-refractivity contribution in [1.29, 1.82) is 0 Å². The highest BCUT2D eigenvalue weighted by Crippen LogP contribution is 2.33. The normalized spacial score (nSPS) is 23.3. The number of aromatic nitrogens is 2. The molecular formula is C48H57ClN8O6. The number of hydrogen-bond acceptors (Lipinski definition) is 11. The second-order valence-corrected chi connectivity index (χ2v) is 17.9. The van der Waals surface area contributed by atoms with E-state index in [0.29, 0.717) is 54.9 Å². The van der Waals surface area contributed by atoms with Gasteiger partial charge in [0.15, 0.2) is 0 Å². The van der Waals surface area contributed by atoms with Crippen LogP contribution in [-0.4, -0.2) is 131 Å². The third-order valence-electron chi connectivity index (χ3n) is 13.0. The summed E-state index contributed by atoms with van der Waals surface area (Å²) >= 11 is 6.43. The lowest BCUT2D eigenvalue weighted by Gasteiger charge is -2.36. The number of carbonyl (C=O) groups is 5. The molecule has 15 heteroatoms. The number of rotatable bonds is 10. The van der Waals surface area contributed by atoms with Crippen LogP contribution in [-0.2, 0) is 25.7 Å². The third-order valence-corrected chi connectivity index (χ3v) is 13.3. The Kier molecular flexibility index (Phi) is 14.3. The summed E-state index contributed by atoms with van der Waals surface area (Å²) in [4.78, 5) is 77.4. The molecule has 3 atom stereocenters. The number of piperazine rings is 1. The topological polar surface area (TPSA) is 157 Å². The number of likely N-dealkylation sites (tertiary alicyclic amines) is 1. The van der Waals surface area contributed by atoms with Gasteiger partial charge in [0, 0.05) is 88.2 Å². The molecule has 1 saturated carbocycles. The first kappa shape index (κ1) is 44.2. The van der Waals surface area contributed by atoms with E-state index >= 15 is 0 Å². The number of likely N-dealkylation sites (N-methyl/N-ethyl adjacent to an activating group) is 1. The van der Waals surface area contributed by atoms with Gasteiger partial charge in [0.2, 0.25) is 23.7 Å². The van der Waals surface area contributed by atoms with Gasteiger partial charge in [0.25, 0.3) is 5.91 Å². The zero-order valence-corrected chi connectivity index (χ0v) is 36.7. The SMILES string of the molecule is CN1CCN(CC(=O)N2CCC(Oc3ccc4c(c3)CN(C3CCC(=O)NC3=O)C4=O)CC2)CC1.O=CC1CCCC(Nc2ncc(Cl)c(-c3cccc(C4=CCCC=C4)c3)n2)C1. The van der Waals surface area contributed by atoms with E-state index in [-0.39, 0.29) is 42.2 Å². The average Bonchev–Trinajstić information content (AvgIpc) is 3.63. The summed E-state index contributed by atoms with van der Waals surface area (Å²) < 4.78 is 6.21. The molecule has 9 rings (SSSR count). The Labute approximate surface area is 374 Å². The summed E-state index contributed by atoms with van der Waals surface area (Å²) in [5.41, 5.74) is 5.51. The van der Waals surface area contributed by atoms with Crippen LogP contribution in [0.4, 0.5) is 5.95 Å². The molecule has 2 aliphatic carbocycles. The molecule has 332 valence electrons. The summed E-state index contributed by atoms with van der Waals surface area (Å²) in [6.07, 6.45) is 17.6. The van der Waals surface area contributed by atoms with E-state index in [1.807, 2.05) is 23.1 Å². The fourth-order valence-corrected chi connectivity index (χ4v) is 9.51. The van der Waals surface area contributed by atoms with E-state index in [2.05, 4.69) is 62.8 Å². The van der Waals surface area contributed by atoms with Crippen molar-refractivity contribution in [3.63, 3.8) is 0 Å². The molecule has 5 heterocycles. The number of imide groups is 1. The van der Waals surface area contributed by atoms with Crippen LogP contribution in [0.5, 0.6) is 5.75 Å². The van der Waals surface area contributed by atoms with Crippen molar-refractivity contribution in [2.75, 3.05) is 58.2 Å². The molecule has 3 unspecified atom stereocenters. The number of allylic oxidation sites excluding steroid dienone is 4. The van der Waals surface area contributed by atoms with Crippen molar-refractivity contribution in [3.8, 4) is 17.0 Å². The number of aldehydes is 1. The van der Waals surface area contributed by atoms with Crippen molar-refractivity contribution in [3.05, 3.63) is 88.6 Å². The van der Waals surface area contributed by atoms with E-state index in [1.54, 1.807) is 23.2 Å². The molecule has 0 radical (unpaired) electrons. The minimum absolute atomic E-state index is 0.0177. The van der Waals surface area contributed by atoms with Gasteiger partial charge in [-0.05, 0) is 86.5 Å². The number of nitrogens with zero attached hydrogens (tertiary/aromatic N) is 6. The molecule has 4 fully saturated rings. The number of fused-ring (bicyclic) bond motifs is 1. The minimum atomic E-state index is -0.621. The Morgan fingerprint density at radius 1 is 0.968 bits per heavy atom. The first-order chi connectivity index (χ1) is 30.6. The van der Waals surface area contributed by atoms with E-state index in [1.165, 1.54) is 11.1 Å². The van der Waals surface area contributed by atoms with Crippen LogP contribution >= 0.6 is 11.6 Å². The Hall–Kier alpha value is -5.44. The number of amides is 4. The van der Waals surface area contributed by atoms with Gasteiger partial charge < -0.3 is 29.5 Å². The molecule has 6 aliphatic rings. The van der Waals surface area contributed by atoms with E-state index in [4.69, 9.17) is 21.3 Å². The van der Waals surface area contributed by atoms with Crippen molar-refractivity contribution < 1.29 is 28.7 Å². The summed E-state index contributed by atoms with van der Waals surface area (Å²) in [6.45, 7) is 6.06. The molecule has 14 nitrogen and oxygen atoms in total. The van der Waals surface area contributed by atoms with Gasteiger partial charge in [-0.2, -0.15) is 0 Å². The summed E-state index contributed by atoms with van der Waals surface area (Å²) in [5.74, 6) is 0.699. The van der Waals surface area contributed by atoms with Crippen molar-refractivity contribution in [2.24, 2.45) is 5.92 Å². The molecule has 2 N–H and O–H groups in total. The van der Waals surface area contributed by atoms with Crippen LogP contribution in [0.3, 0.4) is 0 Å². The highest BCUT2D eigenvalue weighted by Gasteiger charge is 2.39. The number of ether oxygens (including phenoxy) is 1. The van der Waals surface area contributed by atoms with E-state index < -0.39 is 11.9 Å². The smallest absolute Gasteiger partial charge is 0.255 e. The molecule has 63 heavy (non-hydrogen) atoms.